The molecule has 2 aromatic rings. The van der Waals surface area contributed by atoms with Gasteiger partial charge in [-0.3, -0.25) is 10.1 Å². The highest BCUT2D eigenvalue weighted by molar-refractivity contribution is 5.45. The number of nitro benzene ring substituents is 1. The van der Waals surface area contributed by atoms with Gasteiger partial charge in [0.05, 0.1) is 16.5 Å². The van der Waals surface area contributed by atoms with Gasteiger partial charge in [-0.15, -0.1) is 0 Å². The number of allylic oxidation sites excluding steroid dienone is 1. The number of halogens is 5. The lowest BCUT2D eigenvalue weighted by Crippen LogP contribution is -2.41. The van der Waals surface area contributed by atoms with Crippen molar-refractivity contribution in [1.82, 2.24) is 10.9 Å². The maximum atomic E-state index is 14.7. The second kappa shape index (κ2) is 7.74. The summed E-state index contributed by atoms with van der Waals surface area (Å²) in [4.78, 5) is 10.5. The largest absolute Gasteiger partial charge is 0.458 e. The first kappa shape index (κ1) is 21.5. The van der Waals surface area contributed by atoms with E-state index in [0.717, 1.165) is 0 Å². The maximum Gasteiger partial charge on any atom is 0.269 e. The lowest BCUT2D eigenvalue weighted by Gasteiger charge is -2.36. The Kier molecular flexibility index (Phi) is 5.19. The SMILES string of the molecule is N#CC1=C(N)OC2NNC(c3cccc([N+](=O)[O-])c3)C2C1c1c(F)c(F)c(F)c(F)c1F. The Balaban J connectivity index is 1.94. The van der Waals surface area contributed by atoms with Crippen molar-refractivity contribution in [2.24, 2.45) is 11.7 Å². The number of nitrogens with two attached hydrogens (primary N) is 1. The molecule has 32 heavy (non-hydrogen) atoms. The number of non-ortho nitro benzene ring substituents is 1. The van der Waals surface area contributed by atoms with Crippen LogP contribution in [0.4, 0.5) is 27.6 Å². The summed E-state index contributed by atoms with van der Waals surface area (Å²) in [5.74, 6) is -14.4. The second-order valence-corrected chi connectivity index (χ2v) is 7.09. The number of nitrogens with zero attached hydrogens (tertiary/aromatic N) is 2. The van der Waals surface area contributed by atoms with Gasteiger partial charge in [0.2, 0.25) is 11.7 Å². The summed E-state index contributed by atoms with van der Waals surface area (Å²) in [6.45, 7) is 0. The molecule has 0 radical (unpaired) electrons. The first-order valence-corrected chi connectivity index (χ1v) is 9.00. The molecule has 4 N–H and O–H groups in total. The molecule has 0 aliphatic carbocycles. The van der Waals surface area contributed by atoms with Crippen LogP contribution in [-0.4, -0.2) is 11.2 Å². The molecule has 0 saturated carbocycles. The third-order valence-electron chi connectivity index (χ3n) is 5.45. The van der Waals surface area contributed by atoms with Gasteiger partial charge in [0.15, 0.2) is 29.5 Å². The fraction of sp³-hybridized carbons (Fsp3) is 0.211. The zero-order chi connectivity index (χ0) is 23.3. The molecule has 0 aromatic heterocycles. The molecule has 1 saturated heterocycles. The average Bonchev–Trinajstić information content (AvgIpc) is 3.19. The molecule has 2 heterocycles. The molecule has 0 amide bonds. The molecule has 166 valence electrons. The summed E-state index contributed by atoms with van der Waals surface area (Å²) < 4.78 is 76.3. The highest BCUT2D eigenvalue weighted by Crippen LogP contribution is 2.49. The minimum Gasteiger partial charge on any atom is -0.458 e. The predicted octanol–water partition coefficient (Wildman–Crippen LogP) is 2.89. The summed E-state index contributed by atoms with van der Waals surface area (Å²) >= 11 is 0. The van der Waals surface area contributed by atoms with Gasteiger partial charge in [-0.05, 0) is 5.56 Å². The maximum absolute atomic E-state index is 14.7. The van der Waals surface area contributed by atoms with E-state index in [9.17, 15) is 37.3 Å². The van der Waals surface area contributed by atoms with Crippen molar-refractivity contribution in [3.8, 4) is 6.07 Å². The van der Waals surface area contributed by atoms with E-state index >= 15 is 0 Å². The fourth-order valence-electron chi connectivity index (χ4n) is 4.05. The summed E-state index contributed by atoms with van der Waals surface area (Å²) in [5.41, 5.74) is 9.22. The van der Waals surface area contributed by atoms with Gasteiger partial charge in [0.25, 0.3) is 5.69 Å². The van der Waals surface area contributed by atoms with Crippen LogP contribution in [0.15, 0.2) is 35.7 Å². The highest BCUT2D eigenvalue weighted by atomic mass is 19.2. The Labute approximate surface area is 176 Å². The zero-order valence-corrected chi connectivity index (χ0v) is 15.7. The lowest BCUT2D eigenvalue weighted by molar-refractivity contribution is -0.384. The standard InChI is InChI=1S/C19H12F5N5O3/c20-12-10(13(21)15(23)16(24)14(12)22)9-8(5-25)18(26)32-19-11(9)17(27-28-19)6-2-1-3-7(4-6)29(30)31/h1-4,9,11,17,19,27-28H,26H2. The van der Waals surface area contributed by atoms with E-state index in [0.29, 0.717) is 0 Å². The molecule has 2 aromatic carbocycles. The molecule has 2 aliphatic rings. The summed E-state index contributed by atoms with van der Waals surface area (Å²) in [6.07, 6.45) is -1.16. The Morgan fingerprint density at radius 2 is 1.69 bits per heavy atom. The Morgan fingerprint density at radius 1 is 1.06 bits per heavy atom. The van der Waals surface area contributed by atoms with Crippen LogP contribution in [0.2, 0.25) is 0 Å². The van der Waals surface area contributed by atoms with Gasteiger partial charge in [-0.1, -0.05) is 12.1 Å². The number of benzene rings is 2. The molecule has 0 bridgehead atoms. The van der Waals surface area contributed by atoms with E-state index in [1.165, 1.54) is 24.3 Å². The van der Waals surface area contributed by atoms with Gasteiger partial charge >= 0.3 is 0 Å². The van der Waals surface area contributed by atoms with Crippen LogP contribution in [0, 0.1) is 56.4 Å². The first-order chi connectivity index (χ1) is 15.2. The Bertz CT molecular complexity index is 1190. The van der Waals surface area contributed by atoms with Crippen molar-refractivity contribution in [1.29, 1.82) is 5.26 Å². The van der Waals surface area contributed by atoms with Crippen LogP contribution >= 0.6 is 0 Å². The summed E-state index contributed by atoms with van der Waals surface area (Å²) in [5, 5.41) is 20.7. The van der Waals surface area contributed by atoms with Gasteiger partial charge < -0.3 is 10.5 Å². The molecular weight excluding hydrogens is 441 g/mol. The first-order valence-electron chi connectivity index (χ1n) is 9.00. The van der Waals surface area contributed by atoms with Crippen molar-refractivity contribution in [3.05, 3.63) is 86.0 Å². The van der Waals surface area contributed by atoms with E-state index in [1.54, 1.807) is 6.07 Å². The Morgan fingerprint density at radius 3 is 2.28 bits per heavy atom. The van der Waals surface area contributed by atoms with Gasteiger partial charge in [0, 0.05) is 29.5 Å². The number of nitro groups is 1. The molecule has 8 nitrogen and oxygen atoms in total. The minimum absolute atomic E-state index is 0.245. The number of nitriles is 1. The second-order valence-electron chi connectivity index (χ2n) is 7.09. The van der Waals surface area contributed by atoms with E-state index < -0.39 is 75.1 Å². The number of ether oxygens (including phenoxy) is 1. The van der Waals surface area contributed by atoms with Gasteiger partial charge in [0.1, 0.15) is 6.07 Å². The number of hydrazine groups is 1. The normalized spacial score (nSPS) is 24.6. The van der Waals surface area contributed by atoms with Crippen molar-refractivity contribution < 1.29 is 31.6 Å². The predicted molar refractivity (Wildman–Crippen MR) is 96.3 cm³/mol. The third-order valence-corrected chi connectivity index (χ3v) is 5.45. The van der Waals surface area contributed by atoms with E-state index in [4.69, 9.17) is 10.5 Å². The minimum atomic E-state index is -2.35. The van der Waals surface area contributed by atoms with Crippen LogP contribution in [0.25, 0.3) is 0 Å². The van der Waals surface area contributed by atoms with Gasteiger partial charge in [-0.2, -0.15) is 5.26 Å². The molecule has 4 unspecified atom stereocenters. The smallest absolute Gasteiger partial charge is 0.269 e. The number of nitrogens with one attached hydrogen (secondary N) is 2. The van der Waals surface area contributed by atoms with Crippen molar-refractivity contribution in [3.63, 3.8) is 0 Å². The zero-order valence-electron chi connectivity index (χ0n) is 15.7. The fourth-order valence-corrected chi connectivity index (χ4v) is 4.05. The number of hydrogen-bond donors (Lipinski definition) is 3. The van der Waals surface area contributed by atoms with E-state index in [2.05, 4.69) is 10.9 Å². The molecule has 13 heteroatoms. The quantitative estimate of drug-likeness (QED) is 0.215. The molecule has 2 aliphatic heterocycles. The van der Waals surface area contributed by atoms with Crippen LogP contribution in [-0.2, 0) is 4.74 Å². The summed E-state index contributed by atoms with van der Waals surface area (Å²) in [7, 11) is 0. The molecule has 0 spiro atoms. The van der Waals surface area contributed by atoms with E-state index in [1.807, 2.05) is 0 Å². The van der Waals surface area contributed by atoms with Gasteiger partial charge in [-0.25, -0.2) is 32.8 Å². The monoisotopic (exact) mass is 453 g/mol. The van der Waals surface area contributed by atoms with Crippen molar-refractivity contribution in [2.75, 3.05) is 0 Å². The topological polar surface area (TPSA) is 126 Å². The van der Waals surface area contributed by atoms with E-state index in [-0.39, 0.29) is 11.3 Å². The number of fused-ring (bicyclic) bond motifs is 1. The third kappa shape index (κ3) is 3.12. The van der Waals surface area contributed by atoms with Crippen molar-refractivity contribution >= 4 is 5.69 Å². The molecule has 4 atom stereocenters. The van der Waals surface area contributed by atoms with Crippen LogP contribution in [0.1, 0.15) is 23.1 Å². The van der Waals surface area contributed by atoms with Crippen molar-refractivity contribution in [2.45, 2.75) is 18.2 Å². The molecule has 4 rings (SSSR count). The molecular formula is C19H12F5N5O3. The van der Waals surface area contributed by atoms with Crippen LogP contribution < -0.4 is 16.6 Å². The summed E-state index contributed by atoms with van der Waals surface area (Å²) in [6, 6.07) is 5.82. The van der Waals surface area contributed by atoms with Crippen LogP contribution in [0.3, 0.4) is 0 Å². The molecule has 1 fully saturated rings. The number of rotatable bonds is 3. The Hall–Kier alpha value is -3.76. The average molecular weight is 453 g/mol. The lowest BCUT2D eigenvalue weighted by atomic mass is 9.73. The number of hydrogen-bond acceptors (Lipinski definition) is 7. The van der Waals surface area contributed by atoms with Crippen LogP contribution in [0.5, 0.6) is 0 Å². The highest BCUT2D eigenvalue weighted by Gasteiger charge is 2.51.